The number of benzene rings is 1. The summed E-state index contributed by atoms with van der Waals surface area (Å²) in [7, 11) is 0. The quantitative estimate of drug-likeness (QED) is 0.376. The molecule has 4 atom stereocenters. The van der Waals surface area contributed by atoms with Crippen molar-refractivity contribution in [1.29, 1.82) is 0 Å². The molecule has 1 aromatic rings. The second-order valence-corrected chi connectivity index (χ2v) is 10.9. The predicted molar refractivity (Wildman–Crippen MR) is 146 cm³/mol. The number of aryl methyl sites for hydroxylation is 2. The Morgan fingerprint density at radius 3 is 2.03 bits per heavy atom. The molecule has 0 fully saturated rings. The fourth-order valence-electron chi connectivity index (χ4n) is 4.42. The number of carbonyl (C=O) groups is 3. The van der Waals surface area contributed by atoms with E-state index in [0.29, 0.717) is 19.4 Å². The number of nitrogens with zero attached hydrogens (tertiary/aromatic N) is 1. The summed E-state index contributed by atoms with van der Waals surface area (Å²) in [6.07, 6.45) is 2.51. The van der Waals surface area contributed by atoms with E-state index in [4.69, 9.17) is 4.74 Å². The molecule has 0 aliphatic rings. The Balaban J connectivity index is 3.56. The molecule has 0 aliphatic heterocycles. The van der Waals surface area contributed by atoms with E-state index in [9.17, 15) is 14.4 Å². The number of ether oxygens (including phenoxy) is 1. The number of amides is 3. The van der Waals surface area contributed by atoms with Crippen LogP contribution in [0.2, 0.25) is 0 Å². The minimum absolute atomic E-state index is 0.0156. The monoisotopic (exact) mass is 503 g/mol. The van der Waals surface area contributed by atoms with Gasteiger partial charge in [0.1, 0.15) is 17.7 Å². The Hall–Kier alpha value is -2.57. The number of alkyl carbamates (subject to hydrolysis) is 1. The summed E-state index contributed by atoms with van der Waals surface area (Å²) in [5.41, 5.74) is 2.05. The van der Waals surface area contributed by atoms with Gasteiger partial charge in [-0.15, -0.1) is 0 Å². The highest BCUT2D eigenvalue weighted by Crippen LogP contribution is 2.30. The van der Waals surface area contributed by atoms with Crippen LogP contribution in [0.15, 0.2) is 18.2 Å². The fourth-order valence-corrected chi connectivity index (χ4v) is 4.42. The molecule has 0 spiro atoms. The van der Waals surface area contributed by atoms with Gasteiger partial charge in [0.2, 0.25) is 11.8 Å². The van der Waals surface area contributed by atoms with Gasteiger partial charge in [0.05, 0.1) is 0 Å². The molecule has 0 bridgehead atoms. The Kier molecular flexibility index (Phi) is 12.4. The van der Waals surface area contributed by atoms with Gasteiger partial charge >= 0.3 is 6.09 Å². The van der Waals surface area contributed by atoms with Crippen LogP contribution in [-0.2, 0) is 14.3 Å². The first-order valence-electron chi connectivity index (χ1n) is 13.4. The molecule has 7 nitrogen and oxygen atoms in total. The summed E-state index contributed by atoms with van der Waals surface area (Å²) in [6, 6.07) is 4.27. The van der Waals surface area contributed by atoms with Crippen LogP contribution in [0.4, 0.5) is 4.79 Å². The van der Waals surface area contributed by atoms with Crippen molar-refractivity contribution in [2.75, 3.05) is 6.54 Å². The Morgan fingerprint density at radius 1 is 0.972 bits per heavy atom. The normalized spacial score (nSPS) is 14.8. The molecule has 0 aliphatic carbocycles. The van der Waals surface area contributed by atoms with Gasteiger partial charge < -0.3 is 20.3 Å². The lowest BCUT2D eigenvalue weighted by Crippen LogP contribution is -2.56. The third kappa shape index (κ3) is 9.14. The van der Waals surface area contributed by atoms with Crippen molar-refractivity contribution in [3.63, 3.8) is 0 Å². The fraction of sp³-hybridized carbons (Fsp3) is 0.690. The maximum absolute atomic E-state index is 14.2. The molecule has 7 heteroatoms. The average Bonchev–Trinajstić information content (AvgIpc) is 2.76. The minimum atomic E-state index is -0.816. The number of nitrogens with one attached hydrogen (secondary N) is 2. The predicted octanol–water partition coefficient (Wildman–Crippen LogP) is 5.83. The van der Waals surface area contributed by atoms with Crippen molar-refractivity contribution >= 4 is 17.9 Å². The van der Waals surface area contributed by atoms with Crippen LogP contribution in [0.3, 0.4) is 0 Å². The van der Waals surface area contributed by atoms with Crippen LogP contribution in [0.1, 0.15) is 104 Å². The van der Waals surface area contributed by atoms with E-state index in [1.165, 1.54) is 0 Å². The lowest BCUT2D eigenvalue weighted by atomic mass is 9.91. The molecule has 3 amide bonds. The molecule has 36 heavy (non-hydrogen) atoms. The molecule has 0 heterocycles. The third-order valence-corrected chi connectivity index (χ3v) is 6.38. The molecule has 2 N–H and O–H groups in total. The van der Waals surface area contributed by atoms with Crippen LogP contribution in [0.5, 0.6) is 0 Å². The van der Waals surface area contributed by atoms with Gasteiger partial charge in [-0.1, -0.05) is 58.7 Å². The molecule has 0 radical (unpaired) electrons. The SMILES string of the molecule is CCCC(C)NC(=O)C(c1c(C)cccc1C)N(CCC)C(=O)C(NC(=O)OC(C)(C)C)C(C)CC. The van der Waals surface area contributed by atoms with Crippen molar-refractivity contribution in [1.82, 2.24) is 15.5 Å². The van der Waals surface area contributed by atoms with Crippen LogP contribution in [0.25, 0.3) is 0 Å². The lowest BCUT2D eigenvalue weighted by Gasteiger charge is -2.37. The maximum Gasteiger partial charge on any atom is 0.408 e. The van der Waals surface area contributed by atoms with Crippen LogP contribution in [0, 0.1) is 19.8 Å². The Labute approximate surface area is 218 Å². The van der Waals surface area contributed by atoms with E-state index in [-0.39, 0.29) is 23.8 Å². The Bertz CT molecular complexity index is 858. The van der Waals surface area contributed by atoms with Gasteiger partial charge in [-0.25, -0.2) is 4.79 Å². The second-order valence-electron chi connectivity index (χ2n) is 10.9. The van der Waals surface area contributed by atoms with E-state index < -0.39 is 23.8 Å². The zero-order chi connectivity index (χ0) is 27.6. The Morgan fingerprint density at radius 2 is 1.56 bits per heavy atom. The van der Waals surface area contributed by atoms with Crippen molar-refractivity contribution < 1.29 is 19.1 Å². The third-order valence-electron chi connectivity index (χ3n) is 6.38. The lowest BCUT2D eigenvalue weighted by molar-refractivity contribution is -0.143. The summed E-state index contributed by atoms with van der Waals surface area (Å²) < 4.78 is 5.46. The number of carbonyl (C=O) groups excluding carboxylic acids is 3. The molecule has 4 unspecified atom stereocenters. The zero-order valence-corrected chi connectivity index (χ0v) is 24.2. The summed E-state index contributed by atoms with van der Waals surface area (Å²) in [5.74, 6) is -0.622. The van der Waals surface area contributed by atoms with E-state index in [0.717, 1.165) is 29.5 Å². The van der Waals surface area contributed by atoms with Gasteiger partial charge in [-0.3, -0.25) is 9.59 Å². The van der Waals surface area contributed by atoms with Gasteiger partial charge in [0.25, 0.3) is 0 Å². The van der Waals surface area contributed by atoms with Gasteiger partial charge in [0, 0.05) is 12.6 Å². The second kappa shape index (κ2) is 14.2. The van der Waals surface area contributed by atoms with Crippen LogP contribution in [-0.4, -0.2) is 47.0 Å². The molecular weight excluding hydrogens is 454 g/mol. The summed E-state index contributed by atoms with van der Waals surface area (Å²) in [5, 5.41) is 5.95. The molecule has 1 aromatic carbocycles. The smallest absolute Gasteiger partial charge is 0.408 e. The van der Waals surface area contributed by atoms with Crippen LogP contribution >= 0.6 is 0 Å². The first kappa shape index (κ1) is 31.5. The van der Waals surface area contributed by atoms with Gasteiger partial charge in [-0.05, 0) is 77.0 Å². The van der Waals surface area contributed by atoms with Crippen molar-refractivity contribution in [2.24, 2.45) is 5.92 Å². The van der Waals surface area contributed by atoms with Crippen molar-refractivity contribution in [2.45, 2.75) is 119 Å². The molecule has 0 saturated carbocycles. The van der Waals surface area contributed by atoms with Gasteiger partial charge in [0.15, 0.2) is 0 Å². The standard InChI is InChI=1S/C29H49N3O4/c1-11-15-22(7)30-26(33)25(23-20(5)16-14-17-21(23)6)32(18-12-2)27(34)24(19(4)13-3)31-28(35)36-29(8,9)10/h14,16-17,19,22,24-25H,11-13,15,18H2,1-10H3,(H,30,33)(H,31,35). The minimum Gasteiger partial charge on any atom is -0.444 e. The average molecular weight is 504 g/mol. The summed E-state index contributed by atoms with van der Waals surface area (Å²) in [4.78, 5) is 42.3. The van der Waals surface area contributed by atoms with Crippen LogP contribution < -0.4 is 10.6 Å². The van der Waals surface area contributed by atoms with E-state index in [1.807, 2.05) is 59.7 Å². The topological polar surface area (TPSA) is 87.7 Å². The van der Waals surface area contributed by atoms with E-state index >= 15 is 0 Å². The first-order chi connectivity index (χ1) is 16.8. The number of rotatable bonds is 12. The largest absolute Gasteiger partial charge is 0.444 e. The molecule has 1 rings (SSSR count). The maximum atomic E-state index is 14.2. The number of hydrogen-bond donors (Lipinski definition) is 2. The highest BCUT2D eigenvalue weighted by Gasteiger charge is 2.39. The first-order valence-corrected chi connectivity index (χ1v) is 13.4. The van der Waals surface area contributed by atoms with Gasteiger partial charge in [-0.2, -0.15) is 0 Å². The van der Waals surface area contributed by atoms with Crippen molar-refractivity contribution in [3.05, 3.63) is 34.9 Å². The molecule has 0 saturated heterocycles. The summed E-state index contributed by atoms with van der Waals surface area (Å²) >= 11 is 0. The molecular formula is C29H49N3O4. The highest BCUT2D eigenvalue weighted by atomic mass is 16.6. The summed E-state index contributed by atoms with van der Waals surface area (Å²) in [6.45, 7) is 19.7. The molecule has 0 aromatic heterocycles. The zero-order valence-electron chi connectivity index (χ0n) is 24.2. The van der Waals surface area contributed by atoms with E-state index in [1.54, 1.807) is 25.7 Å². The highest BCUT2D eigenvalue weighted by molar-refractivity contribution is 5.92. The van der Waals surface area contributed by atoms with Crippen molar-refractivity contribution in [3.8, 4) is 0 Å². The number of hydrogen-bond acceptors (Lipinski definition) is 4. The van der Waals surface area contributed by atoms with E-state index in [2.05, 4.69) is 17.6 Å². The molecule has 204 valence electrons.